The van der Waals surface area contributed by atoms with Crippen molar-refractivity contribution in [1.82, 2.24) is 0 Å². The minimum atomic E-state index is -0.565. The summed E-state index contributed by atoms with van der Waals surface area (Å²) in [6.07, 6.45) is 0. The maximum Gasteiger partial charge on any atom is 0.283 e. The zero-order valence-corrected chi connectivity index (χ0v) is 13.1. The molecule has 0 saturated carbocycles. The van der Waals surface area contributed by atoms with Crippen molar-refractivity contribution in [3.05, 3.63) is 67.7 Å². The Hall–Kier alpha value is -2.21. The van der Waals surface area contributed by atoms with Crippen molar-refractivity contribution in [3.63, 3.8) is 0 Å². The summed E-state index contributed by atoms with van der Waals surface area (Å²) in [5.74, 6) is -0.494. The zero-order valence-electron chi connectivity index (χ0n) is 11.5. The summed E-state index contributed by atoms with van der Waals surface area (Å²) >= 11 is 3.17. The third-order valence-electron chi connectivity index (χ3n) is 3.12. The first-order chi connectivity index (χ1) is 9.90. The number of nitrogens with zero attached hydrogens (tertiary/aromatic N) is 1. The molecule has 0 heterocycles. The molecule has 0 spiro atoms. The standard InChI is InChI=1S/C15H13BrN2O3/c1-9-4-3-5-10(2)14(9)17-15(19)12-7-6-11(16)8-13(12)18(20)21/h3-8H,1-2H3,(H,17,19). The monoisotopic (exact) mass is 348 g/mol. The van der Waals surface area contributed by atoms with Gasteiger partial charge in [0.05, 0.1) is 4.92 Å². The number of carbonyl (C=O) groups excluding carboxylic acids is 1. The van der Waals surface area contributed by atoms with Crippen molar-refractivity contribution in [3.8, 4) is 0 Å². The normalized spacial score (nSPS) is 10.2. The molecule has 1 N–H and O–H groups in total. The van der Waals surface area contributed by atoms with Gasteiger partial charge < -0.3 is 5.32 Å². The fourth-order valence-corrected chi connectivity index (χ4v) is 2.39. The van der Waals surface area contributed by atoms with Crippen molar-refractivity contribution in [2.75, 3.05) is 5.32 Å². The van der Waals surface area contributed by atoms with Crippen molar-refractivity contribution < 1.29 is 9.72 Å². The number of aryl methyl sites for hydroxylation is 2. The molecule has 1 amide bonds. The van der Waals surface area contributed by atoms with Gasteiger partial charge in [0, 0.05) is 16.2 Å². The van der Waals surface area contributed by atoms with Gasteiger partial charge >= 0.3 is 0 Å². The average molecular weight is 349 g/mol. The molecule has 21 heavy (non-hydrogen) atoms. The summed E-state index contributed by atoms with van der Waals surface area (Å²) in [6.45, 7) is 3.75. The second-order valence-corrected chi connectivity index (χ2v) is 5.56. The molecule has 0 unspecified atom stereocenters. The minimum absolute atomic E-state index is 0.0332. The van der Waals surface area contributed by atoms with E-state index in [0.717, 1.165) is 11.1 Å². The SMILES string of the molecule is Cc1cccc(C)c1NC(=O)c1ccc(Br)cc1[N+](=O)[O-]. The Morgan fingerprint density at radius 2 is 1.81 bits per heavy atom. The van der Waals surface area contributed by atoms with Gasteiger partial charge in [-0.15, -0.1) is 0 Å². The third kappa shape index (κ3) is 3.28. The van der Waals surface area contributed by atoms with Crippen molar-refractivity contribution in [2.45, 2.75) is 13.8 Å². The number of benzene rings is 2. The number of para-hydroxylation sites is 1. The van der Waals surface area contributed by atoms with Gasteiger partial charge in [0.1, 0.15) is 5.56 Å². The minimum Gasteiger partial charge on any atom is -0.321 e. The van der Waals surface area contributed by atoms with E-state index in [1.807, 2.05) is 32.0 Å². The number of amides is 1. The Bertz CT molecular complexity index is 709. The number of nitrogens with one attached hydrogen (secondary N) is 1. The van der Waals surface area contributed by atoms with E-state index in [2.05, 4.69) is 21.2 Å². The molecule has 2 rings (SSSR count). The highest BCUT2D eigenvalue weighted by molar-refractivity contribution is 9.10. The fourth-order valence-electron chi connectivity index (χ4n) is 2.04. The number of nitro groups is 1. The van der Waals surface area contributed by atoms with Gasteiger partial charge in [-0.1, -0.05) is 34.1 Å². The molecular weight excluding hydrogens is 336 g/mol. The average Bonchev–Trinajstić information content (AvgIpc) is 2.42. The van der Waals surface area contributed by atoms with Gasteiger partial charge in [-0.25, -0.2) is 0 Å². The molecule has 0 fully saturated rings. The number of halogens is 1. The van der Waals surface area contributed by atoms with E-state index in [0.29, 0.717) is 10.2 Å². The third-order valence-corrected chi connectivity index (χ3v) is 3.61. The molecule has 5 nitrogen and oxygen atoms in total. The predicted molar refractivity (Wildman–Crippen MR) is 84.7 cm³/mol. The van der Waals surface area contributed by atoms with Crippen LogP contribution in [0, 0.1) is 24.0 Å². The van der Waals surface area contributed by atoms with Crippen molar-refractivity contribution >= 4 is 33.2 Å². The van der Waals surface area contributed by atoms with Crippen LogP contribution in [0.25, 0.3) is 0 Å². The van der Waals surface area contributed by atoms with E-state index in [4.69, 9.17) is 0 Å². The highest BCUT2D eigenvalue weighted by Gasteiger charge is 2.21. The van der Waals surface area contributed by atoms with Crippen LogP contribution in [0.3, 0.4) is 0 Å². The summed E-state index contributed by atoms with van der Waals surface area (Å²) in [4.78, 5) is 22.8. The Balaban J connectivity index is 2.40. The van der Waals surface area contributed by atoms with Crippen LogP contribution >= 0.6 is 15.9 Å². The second-order valence-electron chi connectivity index (χ2n) is 4.64. The highest BCUT2D eigenvalue weighted by atomic mass is 79.9. The van der Waals surface area contributed by atoms with E-state index >= 15 is 0 Å². The topological polar surface area (TPSA) is 72.2 Å². The quantitative estimate of drug-likeness (QED) is 0.666. The van der Waals surface area contributed by atoms with Crippen LogP contribution in [0.15, 0.2) is 40.9 Å². The van der Waals surface area contributed by atoms with Crippen molar-refractivity contribution in [1.29, 1.82) is 0 Å². The number of carbonyl (C=O) groups is 1. The first-order valence-electron chi connectivity index (χ1n) is 6.21. The van der Waals surface area contributed by atoms with Crippen LogP contribution in [0.5, 0.6) is 0 Å². The van der Waals surface area contributed by atoms with Gasteiger partial charge in [-0.3, -0.25) is 14.9 Å². The molecule has 0 aliphatic heterocycles. The maximum absolute atomic E-state index is 12.3. The van der Waals surface area contributed by atoms with E-state index in [1.165, 1.54) is 12.1 Å². The van der Waals surface area contributed by atoms with Crippen molar-refractivity contribution in [2.24, 2.45) is 0 Å². The lowest BCUT2D eigenvalue weighted by molar-refractivity contribution is -0.385. The summed E-state index contributed by atoms with van der Waals surface area (Å²) in [5, 5.41) is 13.8. The van der Waals surface area contributed by atoms with Crippen LogP contribution in [-0.4, -0.2) is 10.8 Å². The number of hydrogen-bond acceptors (Lipinski definition) is 3. The van der Waals surface area contributed by atoms with Gasteiger partial charge in [-0.05, 0) is 37.1 Å². The summed E-state index contributed by atoms with van der Waals surface area (Å²) in [5.41, 5.74) is 2.30. The van der Waals surface area contributed by atoms with E-state index in [1.54, 1.807) is 6.07 Å². The number of anilines is 1. The maximum atomic E-state index is 12.3. The largest absolute Gasteiger partial charge is 0.321 e. The van der Waals surface area contributed by atoms with E-state index < -0.39 is 10.8 Å². The highest BCUT2D eigenvalue weighted by Crippen LogP contribution is 2.26. The van der Waals surface area contributed by atoms with Crippen LogP contribution in [0.4, 0.5) is 11.4 Å². The molecular formula is C15H13BrN2O3. The summed E-state index contributed by atoms with van der Waals surface area (Å²) in [7, 11) is 0. The van der Waals surface area contributed by atoms with Crippen LogP contribution in [-0.2, 0) is 0 Å². The summed E-state index contributed by atoms with van der Waals surface area (Å²) < 4.78 is 0.554. The smallest absolute Gasteiger partial charge is 0.283 e. The van der Waals surface area contributed by atoms with Gasteiger partial charge in [0.2, 0.25) is 0 Å². The molecule has 6 heteroatoms. The van der Waals surface area contributed by atoms with E-state index in [-0.39, 0.29) is 11.3 Å². The molecule has 0 atom stereocenters. The second kappa shape index (κ2) is 6.05. The Kier molecular flexibility index (Phi) is 4.37. The molecule has 0 saturated heterocycles. The lowest BCUT2D eigenvalue weighted by Crippen LogP contribution is -2.15. The van der Waals surface area contributed by atoms with Crippen LogP contribution < -0.4 is 5.32 Å². The predicted octanol–water partition coefficient (Wildman–Crippen LogP) is 4.23. The molecule has 108 valence electrons. The molecule has 0 radical (unpaired) electrons. The molecule has 0 aliphatic rings. The Labute approximate surface area is 130 Å². The van der Waals surface area contributed by atoms with Crippen LogP contribution in [0.1, 0.15) is 21.5 Å². The molecule has 2 aromatic carbocycles. The van der Waals surface area contributed by atoms with Gasteiger partial charge in [0.15, 0.2) is 0 Å². The number of rotatable bonds is 3. The molecule has 0 aliphatic carbocycles. The van der Waals surface area contributed by atoms with Gasteiger partial charge in [-0.2, -0.15) is 0 Å². The van der Waals surface area contributed by atoms with Gasteiger partial charge in [0.25, 0.3) is 11.6 Å². The van der Waals surface area contributed by atoms with E-state index in [9.17, 15) is 14.9 Å². The zero-order chi connectivity index (χ0) is 15.6. The molecule has 2 aromatic rings. The lowest BCUT2D eigenvalue weighted by Gasteiger charge is -2.11. The fraction of sp³-hybridized carbons (Fsp3) is 0.133. The Morgan fingerprint density at radius 3 is 2.38 bits per heavy atom. The van der Waals surface area contributed by atoms with Crippen LogP contribution in [0.2, 0.25) is 0 Å². The number of nitro benzene ring substituents is 1. The first kappa shape index (κ1) is 15.2. The summed E-state index contributed by atoms with van der Waals surface area (Å²) in [6, 6.07) is 10.00. The molecule has 0 aromatic heterocycles. The first-order valence-corrected chi connectivity index (χ1v) is 7.01. The lowest BCUT2D eigenvalue weighted by atomic mass is 10.1. The Morgan fingerprint density at radius 1 is 1.19 bits per heavy atom. The molecule has 0 bridgehead atoms. The number of hydrogen-bond donors (Lipinski definition) is 1.